The largest absolute Gasteiger partial charge is 0.438 e. The Kier molecular flexibility index (Phi) is 5.02. The fraction of sp³-hybridized carbons (Fsp3) is 0.176. The maximum atomic E-state index is 13.5. The van der Waals surface area contributed by atoms with Gasteiger partial charge in [0.2, 0.25) is 0 Å². The first-order chi connectivity index (χ1) is 12.1. The van der Waals surface area contributed by atoms with Crippen molar-refractivity contribution in [2.45, 2.75) is 18.3 Å². The molecule has 1 N–H and O–H groups in total. The number of carbonyl (C=O) groups excluding carboxylic acids is 1. The van der Waals surface area contributed by atoms with Crippen LogP contribution in [0, 0.1) is 3.57 Å². The summed E-state index contributed by atoms with van der Waals surface area (Å²) >= 11 is 7.79. The van der Waals surface area contributed by atoms with Gasteiger partial charge in [-0.15, -0.1) is 0 Å². The first-order valence-electron chi connectivity index (χ1n) is 7.34. The normalized spacial score (nSPS) is 20.2. The zero-order valence-electron chi connectivity index (χ0n) is 13.0. The lowest BCUT2D eigenvalue weighted by atomic mass is 10.0. The molecule has 1 aliphatic heterocycles. The van der Waals surface area contributed by atoms with E-state index in [2.05, 4.69) is 5.10 Å². The topological polar surface area (TPSA) is 52.9 Å². The van der Waals surface area contributed by atoms with Crippen LogP contribution in [0.5, 0.6) is 0 Å². The first-order valence-corrected chi connectivity index (χ1v) is 8.80. The Bertz CT molecular complexity index is 869. The summed E-state index contributed by atoms with van der Waals surface area (Å²) < 4.78 is 41.5. The quantitative estimate of drug-likeness (QED) is 0.628. The minimum absolute atomic E-state index is 0.00537. The van der Waals surface area contributed by atoms with E-state index < -0.39 is 24.2 Å². The van der Waals surface area contributed by atoms with E-state index in [1.807, 2.05) is 22.6 Å². The van der Waals surface area contributed by atoms with Gasteiger partial charge in [-0.05, 0) is 64.6 Å². The molecule has 2 aromatic carbocycles. The van der Waals surface area contributed by atoms with Crippen LogP contribution in [0.3, 0.4) is 0 Å². The van der Waals surface area contributed by atoms with Gasteiger partial charge >= 0.3 is 6.18 Å². The van der Waals surface area contributed by atoms with E-state index in [1.165, 1.54) is 36.4 Å². The van der Waals surface area contributed by atoms with Gasteiger partial charge in [0.1, 0.15) is 0 Å². The number of hydrogen-bond acceptors (Lipinski definition) is 3. The van der Waals surface area contributed by atoms with E-state index >= 15 is 0 Å². The monoisotopic (exact) mass is 494 g/mol. The van der Waals surface area contributed by atoms with Gasteiger partial charge < -0.3 is 5.11 Å². The molecule has 26 heavy (non-hydrogen) atoms. The summed E-state index contributed by atoms with van der Waals surface area (Å²) in [5.74, 6) is -1.04. The van der Waals surface area contributed by atoms with E-state index in [4.69, 9.17) is 11.6 Å². The Hall–Kier alpha value is -1.65. The zero-order valence-corrected chi connectivity index (χ0v) is 15.9. The van der Waals surface area contributed by atoms with Crippen LogP contribution in [0.2, 0.25) is 5.02 Å². The van der Waals surface area contributed by atoms with Crippen molar-refractivity contribution in [3.8, 4) is 0 Å². The van der Waals surface area contributed by atoms with Crippen LogP contribution in [-0.4, -0.2) is 33.6 Å². The van der Waals surface area contributed by atoms with Crippen LogP contribution in [0.15, 0.2) is 53.6 Å². The smallest absolute Gasteiger partial charge is 0.362 e. The second-order valence-electron chi connectivity index (χ2n) is 5.67. The number of carbonyl (C=O) groups is 1. The summed E-state index contributed by atoms with van der Waals surface area (Å²) in [6.07, 6.45) is -5.95. The number of aliphatic hydroxyl groups is 1. The zero-order chi connectivity index (χ0) is 19.1. The van der Waals surface area contributed by atoms with Crippen LogP contribution in [0.4, 0.5) is 13.2 Å². The van der Waals surface area contributed by atoms with Gasteiger partial charge in [-0.25, -0.2) is 0 Å². The highest BCUT2D eigenvalue weighted by molar-refractivity contribution is 14.1. The van der Waals surface area contributed by atoms with Crippen molar-refractivity contribution in [3.05, 3.63) is 68.3 Å². The second-order valence-corrected chi connectivity index (χ2v) is 7.35. The average molecular weight is 495 g/mol. The fourth-order valence-corrected chi connectivity index (χ4v) is 2.98. The molecule has 9 heteroatoms. The molecule has 0 bridgehead atoms. The molecule has 1 aliphatic rings. The predicted octanol–water partition coefficient (Wildman–Crippen LogP) is 4.45. The molecule has 0 saturated carbocycles. The lowest BCUT2D eigenvalue weighted by Gasteiger charge is -2.32. The average Bonchev–Trinajstić information content (AvgIpc) is 2.94. The van der Waals surface area contributed by atoms with E-state index in [1.54, 1.807) is 12.1 Å². The van der Waals surface area contributed by atoms with Crippen molar-refractivity contribution in [1.29, 1.82) is 0 Å². The van der Waals surface area contributed by atoms with Gasteiger partial charge in [0.25, 0.3) is 11.6 Å². The molecule has 0 radical (unpaired) electrons. The third-order valence-corrected chi connectivity index (χ3v) is 4.87. The molecule has 136 valence electrons. The van der Waals surface area contributed by atoms with Crippen LogP contribution in [0.1, 0.15) is 22.3 Å². The highest BCUT2D eigenvalue weighted by Gasteiger charge is 2.63. The van der Waals surface area contributed by atoms with Crippen LogP contribution < -0.4 is 0 Å². The van der Waals surface area contributed by atoms with Gasteiger partial charge in [-0.3, -0.25) is 4.79 Å². The molecule has 3 rings (SSSR count). The molecule has 1 heterocycles. The van der Waals surface area contributed by atoms with E-state index in [9.17, 15) is 23.1 Å². The van der Waals surface area contributed by atoms with Crippen molar-refractivity contribution in [1.82, 2.24) is 5.01 Å². The molecule has 4 nitrogen and oxygen atoms in total. The van der Waals surface area contributed by atoms with E-state index in [0.29, 0.717) is 10.6 Å². The molecule has 0 saturated heterocycles. The number of benzene rings is 2. The molecule has 1 unspecified atom stereocenters. The predicted molar refractivity (Wildman–Crippen MR) is 98.9 cm³/mol. The number of alkyl halides is 3. The Balaban J connectivity index is 2.03. The highest BCUT2D eigenvalue weighted by Crippen LogP contribution is 2.42. The summed E-state index contributed by atoms with van der Waals surface area (Å²) in [7, 11) is 0. The number of amides is 1. The fourth-order valence-electron chi connectivity index (χ4n) is 2.50. The van der Waals surface area contributed by atoms with Gasteiger partial charge in [0.15, 0.2) is 0 Å². The molecule has 1 amide bonds. The summed E-state index contributed by atoms with van der Waals surface area (Å²) in [5, 5.41) is 14.6. The maximum absolute atomic E-state index is 13.5. The third-order valence-electron chi connectivity index (χ3n) is 3.90. The maximum Gasteiger partial charge on any atom is 0.438 e. The minimum atomic E-state index is -5.08. The summed E-state index contributed by atoms with van der Waals surface area (Å²) in [5.41, 5.74) is -3.13. The Morgan fingerprint density at radius 3 is 2.27 bits per heavy atom. The third kappa shape index (κ3) is 3.45. The molecule has 2 aromatic rings. The van der Waals surface area contributed by atoms with Gasteiger partial charge in [0, 0.05) is 14.2 Å². The summed E-state index contributed by atoms with van der Waals surface area (Å²) in [4.78, 5) is 12.6. The summed E-state index contributed by atoms with van der Waals surface area (Å²) in [6.45, 7) is 0. The second kappa shape index (κ2) is 6.82. The highest BCUT2D eigenvalue weighted by atomic mass is 127. The van der Waals surface area contributed by atoms with Crippen molar-refractivity contribution in [2.24, 2.45) is 5.10 Å². The van der Waals surface area contributed by atoms with Crippen molar-refractivity contribution < 1.29 is 23.1 Å². The lowest BCUT2D eigenvalue weighted by molar-refractivity contribution is -0.297. The molecule has 1 atom stereocenters. The molecule has 0 aromatic heterocycles. The number of nitrogens with zero attached hydrogens (tertiary/aromatic N) is 2. The molecule has 0 fully saturated rings. The van der Waals surface area contributed by atoms with Gasteiger partial charge in [-0.2, -0.15) is 23.3 Å². The Morgan fingerprint density at radius 2 is 1.73 bits per heavy atom. The summed E-state index contributed by atoms with van der Waals surface area (Å²) in [6, 6.07) is 11.9. The van der Waals surface area contributed by atoms with Crippen molar-refractivity contribution in [2.75, 3.05) is 0 Å². The van der Waals surface area contributed by atoms with Crippen LogP contribution in [0.25, 0.3) is 0 Å². The van der Waals surface area contributed by atoms with Crippen LogP contribution >= 0.6 is 34.2 Å². The number of rotatable bonds is 2. The van der Waals surface area contributed by atoms with Gasteiger partial charge in [0.05, 0.1) is 12.1 Å². The van der Waals surface area contributed by atoms with E-state index in [-0.39, 0.29) is 16.3 Å². The molecule has 0 aliphatic carbocycles. The Labute approximate surface area is 165 Å². The SMILES string of the molecule is O=C(c1ccc(I)cc1)N1N=C(c2ccc(Cl)cc2)CC1(O)C(F)(F)F. The lowest BCUT2D eigenvalue weighted by Crippen LogP contribution is -2.56. The number of hydrazone groups is 1. The molecular formula is C17H11ClF3IN2O2. The van der Waals surface area contributed by atoms with Crippen molar-refractivity contribution in [3.63, 3.8) is 0 Å². The number of halogens is 5. The Morgan fingerprint density at radius 1 is 1.15 bits per heavy atom. The van der Waals surface area contributed by atoms with Crippen molar-refractivity contribution >= 4 is 45.8 Å². The number of hydrogen-bond donors (Lipinski definition) is 1. The van der Waals surface area contributed by atoms with Gasteiger partial charge in [-0.1, -0.05) is 23.7 Å². The minimum Gasteiger partial charge on any atom is -0.362 e. The standard InChI is InChI=1S/C17H11ClF3IN2O2/c18-12-5-1-10(2-6-12)14-9-16(26,17(19,20)21)24(23-14)15(25)11-3-7-13(22)8-4-11/h1-8,26H,9H2. The first kappa shape index (κ1) is 19.1. The van der Waals surface area contributed by atoms with E-state index in [0.717, 1.165) is 3.57 Å². The molecular weight excluding hydrogens is 484 g/mol. The van der Waals surface area contributed by atoms with Crippen LogP contribution in [-0.2, 0) is 0 Å². The molecule has 0 spiro atoms.